The number of nitrogens with zero attached hydrogens (tertiary/aromatic N) is 1. The largest absolute Gasteiger partial charge is 0.465 e. The van der Waals surface area contributed by atoms with E-state index in [4.69, 9.17) is 4.74 Å². The molecule has 0 aliphatic heterocycles. The van der Waals surface area contributed by atoms with Crippen LogP contribution >= 0.6 is 0 Å². The molecule has 0 aliphatic carbocycles. The fourth-order valence-electron chi connectivity index (χ4n) is 1.62. The molecular formula is C14H19NO3. The quantitative estimate of drug-likeness (QED) is 0.724. The lowest BCUT2D eigenvalue weighted by Gasteiger charge is -2.21. The van der Waals surface area contributed by atoms with Gasteiger partial charge in [-0.3, -0.25) is 9.59 Å². The Morgan fingerprint density at radius 3 is 2.39 bits per heavy atom. The number of esters is 1. The van der Waals surface area contributed by atoms with Gasteiger partial charge in [0.05, 0.1) is 6.61 Å². The highest BCUT2D eigenvalue weighted by Gasteiger charge is 2.16. The van der Waals surface area contributed by atoms with Crippen molar-refractivity contribution in [1.82, 2.24) is 4.90 Å². The van der Waals surface area contributed by atoms with Gasteiger partial charge in [0.25, 0.3) is 0 Å². The van der Waals surface area contributed by atoms with Crippen LogP contribution in [0.3, 0.4) is 0 Å². The third-order valence-electron chi connectivity index (χ3n) is 2.50. The van der Waals surface area contributed by atoms with E-state index in [-0.39, 0.29) is 18.4 Å². The van der Waals surface area contributed by atoms with Crippen LogP contribution in [0.25, 0.3) is 0 Å². The van der Waals surface area contributed by atoms with Gasteiger partial charge >= 0.3 is 5.97 Å². The van der Waals surface area contributed by atoms with Crippen LogP contribution in [-0.4, -0.2) is 29.9 Å². The molecule has 0 unspecified atom stereocenters. The summed E-state index contributed by atoms with van der Waals surface area (Å²) in [6.45, 7) is 4.31. The highest BCUT2D eigenvalue weighted by Crippen LogP contribution is 2.06. The van der Waals surface area contributed by atoms with Gasteiger partial charge in [0.1, 0.15) is 6.54 Å². The summed E-state index contributed by atoms with van der Waals surface area (Å²) in [4.78, 5) is 24.7. The van der Waals surface area contributed by atoms with Crippen molar-refractivity contribution < 1.29 is 14.3 Å². The summed E-state index contributed by atoms with van der Waals surface area (Å²) < 4.78 is 4.87. The van der Waals surface area contributed by atoms with E-state index >= 15 is 0 Å². The van der Waals surface area contributed by atoms with Crippen LogP contribution in [0.1, 0.15) is 25.8 Å². The highest BCUT2D eigenvalue weighted by atomic mass is 16.5. The maximum atomic E-state index is 11.8. The lowest BCUT2D eigenvalue weighted by atomic mass is 10.2. The summed E-state index contributed by atoms with van der Waals surface area (Å²) in [7, 11) is 0. The van der Waals surface area contributed by atoms with Gasteiger partial charge in [-0.1, -0.05) is 37.3 Å². The summed E-state index contributed by atoms with van der Waals surface area (Å²) in [6.07, 6.45) is 0.381. The molecule has 1 aromatic carbocycles. The molecule has 98 valence electrons. The van der Waals surface area contributed by atoms with Crippen LogP contribution in [0.5, 0.6) is 0 Å². The van der Waals surface area contributed by atoms with Gasteiger partial charge in [0.15, 0.2) is 0 Å². The zero-order valence-electron chi connectivity index (χ0n) is 10.9. The smallest absolute Gasteiger partial charge is 0.325 e. The van der Waals surface area contributed by atoms with E-state index in [0.29, 0.717) is 19.6 Å². The van der Waals surface area contributed by atoms with Crippen LogP contribution in [0.2, 0.25) is 0 Å². The molecule has 0 heterocycles. The molecule has 0 saturated carbocycles. The second-order valence-electron chi connectivity index (χ2n) is 3.89. The number of hydrogen-bond acceptors (Lipinski definition) is 3. The molecular weight excluding hydrogens is 230 g/mol. The minimum atomic E-state index is -0.366. The number of amides is 1. The molecule has 0 bridgehead atoms. The van der Waals surface area contributed by atoms with Gasteiger partial charge in [0, 0.05) is 13.0 Å². The van der Waals surface area contributed by atoms with E-state index in [2.05, 4.69) is 0 Å². The molecule has 4 nitrogen and oxygen atoms in total. The topological polar surface area (TPSA) is 46.6 Å². The number of ether oxygens (including phenoxy) is 1. The Kier molecular flexibility index (Phi) is 5.91. The van der Waals surface area contributed by atoms with E-state index in [1.165, 1.54) is 4.90 Å². The zero-order chi connectivity index (χ0) is 13.4. The van der Waals surface area contributed by atoms with Crippen molar-refractivity contribution in [3.05, 3.63) is 35.9 Å². The van der Waals surface area contributed by atoms with Crippen molar-refractivity contribution >= 4 is 11.9 Å². The minimum Gasteiger partial charge on any atom is -0.465 e. The first-order valence-electron chi connectivity index (χ1n) is 6.14. The first kappa shape index (κ1) is 14.2. The van der Waals surface area contributed by atoms with Crippen molar-refractivity contribution in [2.45, 2.75) is 26.8 Å². The molecule has 0 saturated heterocycles. The number of carbonyl (C=O) groups is 2. The van der Waals surface area contributed by atoms with Crippen molar-refractivity contribution in [1.29, 1.82) is 0 Å². The van der Waals surface area contributed by atoms with E-state index in [1.807, 2.05) is 30.3 Å². The summed E-state index contributed by atoms with van der Waals surface area (Å²) in [5.41, 5.74) is 1.00. The molecule has 18 heavy (non-hydrogen) atoms. The minimum absolute atomic E-state index is 0.00933. The molecule has 4 heteroatoms. The molecule has 0 spiro atoms. The predicted octanol–water partition coefficient (Wildman–Crippen LogP) is 1.99. The fourth-order valence-corrected chi connectivity index (χ4v) is 1.62. The lowest BCUT2D eigenvalue weighted by Crippen LogP contribution is -2.35. The average molecular weight is 249 g/mol. The third-order valence-corrected chi connectivity index (χ3v) is 2.50. The van der Waals surface area contributed by atoms with Gasteiger partial charge < -0.3 is 9.64 Å². The third kappa shape index (κ3) is 4.57. The predicted molar refractivity (Wildman–Crippen MR) is 68.8 cm³/mol. The summed E-state index contributed by atoms with van der Waals surface area (Å²) in [5.74, 6) is -0.415. The first-order valence-corrected chi connectivity index (χ1v) is 6.14. The normalized spacial score (nSPS) is 9.89. The molecule has 0 aromatic heterocycles. The second-order valence-corrected chi connectivity index (χ2v) is 3.89. The average Bonchev–Trinajstić information content (AvgIpc) is 2.38. The van der Waals surface area contributed by atoms with Crippen molar-refractivity contribution in [2.75, 3.05) is 13.2 Å². The maximum absolute atomic E-state index is 11.8. The molecule has 0 atom stereocenters. The number of carbonyl (C=O) groups excluding carboxylic acids is 2. The summed E-state index contributed by atoms with van der Waals surface area (Å²) in [5, 5.41) is 0. The first-order chi connectivity index (χ1) is 8.67. The molecule has 1 rings (SSSR count). The van der Waals surface area contributed by atoms with Crippen molar-refractivity contribution in [2.24, 2.45) is 0 Å². The zero-order valence-corrected chi connectivity index (χ0v) is 10.9. The fraction of sp³-hybridized carbons (Fsp3) is 0.429. The van der Waals surface area contributed by atoms with E-state index in [9.17, 15) is 9.59 Å². The standard InChI is InChI=1S/C14H19NO3/c1-3-13(16)15(11-14(17)18-4-2)10-12-8-6-5-7-9-12/h5-9H,3-4,10-11H2,1-2H3. The van der Waals surface area contributed by atoms with Crippen molar-refractivity contribution in [3.63, 3.8) is 0 Å². The Labute approximate surface area is 108 Å². The number of rotatable bonds is 6. The number of benzene rings is 1. The Morgan fingerprint density at radius 2 is 1.83 bits per heavy atom. The van der Waals surface area contributed by atoms with Crippen LogP contribution in [0, 0.1) is 0 Å². The van der Waals surface area contributed by atoms with Gasteiger partial charge in [-0.15, -0.1) is 0 Å². The molecule has 0 fully saturated rings. The van der Waals surface area contributed by atoms with Gasteiger partial charge in [-0.05, 0) is 12.5 Å². The van der Waals surface area contributed by atoms with Crippen LogP contribution in [0.15, 0.2) is 30.3 Å². The SMILES string of the molecule is CCOC(=O)CN(Cc1ccccc1)C(=O)CC. The molecule has 1 amide bonds. The van der Waals surface area contributed by atoms with E-state index in [0.717, 1.165) is 5.56 Å². The molecule has 0 N–H and O–H groups in total. The Bertz CT molecular complexity index is 389. The monoisotopic (exact) mass is 249 g/mol. The van der Waals surface area contributed by atoms with Gasteiger partial charge in [-0.2, -0.15) is 0 Å². The lowest BCUT2D eigenvalue weighted by molar-refractivity contribution is -0.149. The van der Waals surface area contributed by atoms with E-state index in [1.54, 1.807) is 13.8 Å². The summed E-state index contributed by atoms with van der Waals surface area (Å²) >= 11 is 0. The molecule has 1 aromatic rings. The second kappa shape index (κ2) is 7.48. The summed E-state index contributed by atoms with van der Waals surface area (Å²) in [6, 6.07) is 9.60. The van der Waals surface area contributed by atoms with Crippen LogP contribution < -0.4 is 0 Å². The van der Waals surface area contributed by atoms with Crippen molar-refractivity contribution in [3.8, 4) is 0 Å². The van der Waals surface area contributed by atoms with Crippen LogP contribution in [0.4, 0.5) is 0 Å². The Balaban J connectivity index is 2.67. The van der Waals surface area contributed by atoms with Gasteiger partial charge in [0.2, 0.25) is 5.91 Å². The van der Waals surface area contributed by atoms with E-state index < -0.39 is 0 Å². The highest BCUT2D eigenvalue weighted by molar-refractivity contribution is 5.81. The van der Waals surface area contributed by atoms with Crippen LogP contribution in [-0.2, 0) is 20.9 Å². The van der Waals surface area contributed by atoms with Gasteiger partial charge in [-0.25, -0.2) is 0 Å². The maximum Gasteiger partial charge on any atom is 0.325 e. The number of hydrogen-bond donors (Lipinski definition) is 0. The molecule has 0 radical (unpaired) electrons. The molecule has 0 aliphatic rings. The Hall–Kier alpha value is -1.84. The Morgan fingerprint density at radius 1 is 1.17 bits per heavy atom.